The van der Waals surface area contributed by atoms with Crippen LogP contribution in [-0.2, 0) is 11.0 Å². The van der Waals surface area contributed by atoms with Gasteiger partial charge in [-0.15, -0.1) is 0 Å². The standard InChI is InChI=1S/C13H19Br2IOSi/c1-13(2,3)18(4,5)17-8-9-6-10(14)12(16)11(15)7-9/h6-7H,8H2,1-5H3. The van der Waals surface area contributed by atoms with Crippen molar-refractivity contribution in [2.45, 2.75) is 45.5 Å². The van der Waals surface area contributed by atoms with Crippen molar-refractivity contribution in [3.8, 4) is 0 Å². The highest BCUT2D eigenvalue weighted by Crippen LogP contribution is 2.37. The van der Waals surface area contributed by atoms with Crippen molar-refractivity contribution >= 4 is 62.8 Å². The zero-order chi connectivity index (χ0) is 14.1. The quantitative estimate of drug-likeness (QED) is 0.264. The summed E-state index contributed by atoms with van der Waals surface area (Å²) in [6, 6.07) is 4.28. The molecular formula is C13H19Br2IOSi. The largest absolute Gasteiger partial charge is 0.413 e. The van der Waals surface area contributed by atoms with E-state index >= 15 is 0 Å². The number of rotatable bonds is 3. The average molecular weight is 506 g/mol. The monoisotopic (exact) mass is 504 g/mol. The fourth-order valence-electron chi connectivity index (χ4n) is 1.17. The summed E-state index contributed by atoms with van der Waals surface area (Å²) in [4.78, 5) is 0. The van der Waals surface area contributed by atoms with Crippen molar-refractivity contribution in [1.82, 2.24) is 0 Å². The molecule has 102 valence electrons. The van der Waals surface area contributed by atoms with E-state index in [2.05, 4.69) is 100 Å². The molecule has 5 heteroatoms. The lowest BCUT2D eigenvalue weighted by Gasteiger charge is -2.36. The molecule has 0 aliphatic rings. The van der Waals surface area contributed by atoms with Crippen LogP contribution in [0, 0.1) is 3.57 Å². The number of hydrogen-bond acceptors (Lipinski definition) is 1. The van der Waals surface area contributed by atoms with Gasteiger partial charge in [0, 0.05) is 12.5 Å². The lowest BCUT2D eigenvalue weighted by molar-refractivity contribution is 0.276. The summed E-state index contributed by atoms with van der Waals surface area (Å²) in [5.41, 5.74) is 1.21. The maximum Gasteiger partial charge on any atom is 0.192 e. The van der Waals surface area contributed by atoms with E-state index in [9.17, 15) is 0 Å². The van der Waals surface area contributed by atoms with Crippen LogP contribution in [0.3, 0.4) is 0 Å². The Labute approximate surface area is 142 Å². The summed E-state index contributed by atoms with van der Waals surface area (Å²) in [6.45, 7) is 12.0. The first-order valence-electron chi connectivity index (χ1n) is 5.82. The molecule has 0 radical (unpaired) electrons. The fraction of sp³-hybridized carbons (Fsp3) is 0.538. The Morgan fingerprint density at radius 2 is 1.61 bits per heavy atom. The van der Waals surface area contributed by atoms with E-state index in [0.717, 1.165) is 8.95 Å². The third-order valence-electron chi connectivity index (χ3n) is 3.45. The zero-order valence-corrected chi connectivity index (χ0v) is 17.7. The van der Waals surface area contributed by atoms with Crippen LogP contribution in [0.25, 0.3) is 0 Å². The van der Waals surface area contributed by atoms with Gasteiger partial charge in [-0.2, -0.15) is 0 Å². The van der Waals surface area contributed by atoms with Crippen LogP contribution in [0.1, 0.15) is 26.3 Å². The Hall–Kier alpha value is 1.09. The van der Waals surface area contributed by atoms with Gasteiger partial charge in [-0.05, 0) is 90.3 Å². The first-order chi connectivity index (χ1) is 8.04. The molecule has 0 aliphatic heterocycles. The highest BCUT2D eigenvalue weighted by atomic mass is 127. The zero-order valence-electron chi connectivity index (χ0n) is 11.4. The average Bonchev–Trinajstić information content (AvgIpc) is 2.21. The van der Waals surface area contributed by atoms with E-state index in [1.807, 2.05) is 0 Å². The second-order valence-corrected chi connectivity index (χ2v) is 13.5. The van der Waals surface area contributed by atoms with Gasteiger partial charge in [0.25, 0.3) is 0 Å². The highest BCUT2D eigenvalue weighted by molar-refractivity contribution is 14.1. The molecule has 0 atom stereocenters. The Morgan fingerprint density at radius 3 is 2.00 bits per heavy atom. The predicted octanol–water partition coefficient (Wildman–Crippen LogP) is 6.34. The van der Waals surface area contributed by atoms with Gasteiger partial charge in [0.1, 0.15) is 0 Å². The van der Waals surface area contributed by atoms with Gasteiger partial charge in [0.2, 0.25) is 0 Å². The smallest absolute Gasteiger partial charge is 0.192 e. The molecule has 0 aliphatic carbocycles. The molecule has 0 N–H and O–H groups in total. The van der Waals surface area contributed by atoms with Crippen molar-refractivity contribution in [3.05, 3.63) is 30.2 Å². The normalized spacial score (nSPS) is 12.9. The van der Waals surface area contributed by atoms with Crippen LogP contribution in [0.4, 0.5) is 0 Å². The summed E-state index contributed by atoms with van der Waals surface area (Å²) in [7, 11) is -1.67. The van der Waals surface area contributed by atoms with E-state index in [-0.39, 0.29) is 5.04 Å². The van der Waals surface area contributed by atoms with E-state index in [1.54, 1.807) is 0 Å². The van der Waals surface area contributed by atoms with Gasteiger partial charge >= 0.3 is 0 Å². The van der Waals surface area contributed by atoms with Crippen LogP contribution >= 0.6 is 54.5 Å². The van der Waals surface area contributed by atoms with Gasteiger partial charge in [0.15, 0.2) is 8.32 Å². The molecule has 1 aromatic carbocycles. The van der Waals surface area contributed by atoms with E-state index in [1.165, 1.54) is 9.13 Å². The van der Waals surface area contributed by atoms with E-state index in [0.29, 0.717) is 6.61 Å². The molecule has 0 unspecified atom stereocenters. The molecule has 0 saturated heterocycles. The van der Waals surface area contributed by atoms with Crippen molar-refractivity contribution in [2.24, 2.45) is 0 Å². The Bertz CT molecular complexity index is 418. The van der Waals surface area contributed by atoms with Crippen LogP contribution in [0.2, 0.25) is 18.1 Å². The van der Waals surface area contributed by atoms with Gasteiger partial charge in [0.05, 0.1) is 6.61 Å². The van der Waals surface area contributed by atoms with Crippen molar-refractivity contribution in [2.75, 3.05) is 0 Å². The van der Waals surface area contributed by atoms with Gasteiger partial charge < -0.3 is 4.43 Å². The Balaban J connectivity index is 2.82. The SMILES string of the molecule is CC(C)(C)[Si](C)(C)OCc1cc(Br)c(I)c(Br)c1. The lowest BCUT2D eigenvalue weighted by atomic mass is 10.2. The van der Waals surface area contributed by atoms with E-state index in [4.69, 9.17) is 4.43 Å². The van der Waals surface area contributed by atoms with Crippen molar-refractivity contribution in [1.29, 1.82) is 0 Å². The van der Waals surface area contributed by atoms with Gasteiger partial charge in [-0.1, -0.05) is 20.8 Å². The second kappa shape index (κ2) is 6.24. The van der Waals surface area contributed by atoms with Crippen LogP contribution < -0.4 is 0 Å². The molecule has 0 heterocycles. The summed E-state index contributed by atoms with van der Waals surface area (Å²) >= 11 is 9.47. The third-order valence-corrected chi connectivity index (χ3v) is 11.8. The topological polar surface area (TPSA) is 9.23 Å². The minimum absolute atomic E-state index is 0.255. The van der Waals surface area contributed by atoms with Crippen LogP contribution in [-0.4, -0.2) is 8.32 Å². The maximum atomic E-state index is 6.22. The molecule has 1 nitrogen and oxygen atoms in total. The van der Waals surface area contributed by atoms with Crippen molar-refractivity contribution in [3.63, 3.8) is 0 Å². The molecule has 18 heavy (non-hydrogen) atoms. The molecule has 0 saturated carbocycles. The van der Waals surface area contributed by atoms with Crippen LogP contribution in [0.15, 0.2) is 21.1 Å². The molecule has 1 aromatic rings. The van der Waals surface area contributed by atoms with E-state index < -0.39 is 8.32 Å². The van der Waals surface area contributed by atoms with Gasteiger partial charge in [-0.3, -0.25) is 0 Å². The summed E-state index contributed by atoms with van der Waals surface area (Å²) in [6.07, 6.45) is 0. The molecule has 0 aromatic heterocycles. The molecule has 0 bridgehead atoms. The molecule has 0 spiro atoms. The van der Waals surface area contributed by atoms with Gasteiger partial charge in [-0.25, -0.2) is 0 Å². The predicted molar refractivity (Wildman–Crippen MR) is 96.5 cm³/mol. The lowest BCUT2D eigenvalue weighted by Crippen LogP contribution is -2.40. The first-order valence-corrected chi connectivity index (χ1v) is 11.4. The summed E-state index contributed by atoms with van der Waals surface area (Å²) in [5.74, 6) is 0. The first kappa shape index (κ1) is 17.1. The number of halogens is 3. The molecule has 0 amide bonds. The molecule has 0 fully saturated rings. The minimum Gasteiger partial charge on any atom is -0.413 e. The summed E-state index contributed by atoms with van der Waals surface area (Å²) < 4.78 is 9.66. The third kappa shape index (κ3) is 4.29. The van der Waals surface area contributed by atoms with Crippen molar-refractivity contribution < 1.29 is 4.43 Å². The van der Waals surface area contributed by atoms with Crippen LogP contribution in [0.5, 0.6) is 0 Å². The highest BCUT2D eigenvalue weighted by Gasteiger charge is 2.37. The molecule has 1 rings (SSSR count). The molecular weight excluding hydrogens is 487 g/mol. The Kier molecular flexibility index (Phi) is 5.94. The summed E-state index contributed by atoms with van der Waals surface area (Å²) in [5, 5.41) is 0.255. The fourth-order valence-corrected chi connectivity index (χ4v) is 3.72. The maximum absolute atomic E-state index is 6.22. The number of hydrogen-bond donors (Lipinski definition) is 0. The second-order valence-electron chi connectivity index (χ2n) is 5.92. The minimum atomic E-state index is -1.67. The number of benzene rings is 1. The Morgan fingerprint density at radius 1 is 1.17 bits per heavy atom.